The van der Waals surface area contributed by atoms with Gasteiger partial charge in [0.15, 0.2) is 0 Å². The number of hydrogen-bond acceptors (Lipinski definition) is 3. The zero-order valence-electron chi connectivity index (χ0n) is 12.0. The molecule has 1 rings (SSSR count). The van der Waals surface area contributed by atoms with Crippen molar-refractivity contribution in [2.45, 2.75) is 39.7 Å². The average Bonchev–Trinajstić information content (AvgIpc) is 2.35. The second kappa shape index (κ2) is 5.95. The van der Waals surface area contributed by atoms with Gasteiger partial charge in [-0.1, -0.05) is 27.7 Å². The van der Waals surface area contributed by atoms with Crippen molar-refractivity contribution < 1.29 is 15.0 Å². The molecule has 1 unspecified atom stereocenters. The Hall–Kier alpha value is -1.71. The number of aliphatic carboxylic acids is 1. The van der Waals surface area contributed by atoms with E-state index in [9.17, 15) is 9.90 Å². The monoisotopic (exact) mass is 265 g/mol. The van der Waals surface area contributed by atoms with Gasteiger partial charge in [-0.2, -0.15) is 0 Å². The third kappa shape index (κ3) is 3.00. The van der Waals surface area contributed by atoms with Gasteiger partial charge >= 0.3 is 5.97 Å². The molecule has 0 aliphatic carbocycles. The van der Waals surface area contributed by atoms with Gasteiger partial charge in [-0.25, -0.2) is 4.79 Å². The summed E-state index contributed by atoms with van der Waals surface area (Å²) in [4.78, 5) is 11.5. The summed E-state index contributed by atoms with van der Waals surface area (Å²) in [5, 5.41) is 21.7. The molecule has 106 valence electrons. The highest BCUT2D eigenvalue weighted by atomic mass is 16.4. The number of carboxylic acids is 1. The number of aliphatic hydroxyl groups is 1. The lowest BCUT2D eigenvalue weighted by Gasteiger charge is -2.43. The van der Waals surface area contributed by atoms with Crippen molar-refractivity contribution in [3.63, 3.8) is 0 Å². The van der Waals surface area contributed by atoms with Crippen LogP contribution in [-0.2, 0) is 4.79 Å². The van der Waals surface area contributed by atoms with E-state index in [1.54, 1.807) is 12.2 Å². The minimum atomic E-state index is -0.924. The van der Waals surface area contributed by atoms with Gasteiger partial charge in [0.05, 0.1) is 17.4 Å². The molecule has 0 spiro atoms. The number of rotatable bonds is 5. The molecular weight excluding hydrogens is 242 g/mol. The Labute approximate surface area is 114 Å². The summed E-state index contributed by atoms with van der Waals surface area (Å²) in [5.41, 5.74) is 0.675. The Kier molecular flexibility index (Phi) is 4.81. The Morgan fingerprint density at radius 2 is 2.00 bits per heavy atom. The Morgan fingerprint density at radius 1 is 1.37 bits per heavy atom. The third-order valence-corrected chi connectivity index (χ3v) is 3.66. The highest BCUT2D eigenvalue weighted by molar-refractivity contribution is 5.90. The number of carboxylic acid groups (broad SMARTS) is 1. The standard InChI is InChI=1S/C15H23NO3/c1-10(2)13-7-6-12(14(18)19)15(16-13,11(3)4)8-5-9-17/h5-7,9-11,16-17H,8H2,1-4H3,(H,18,19)/b9-5+. The SMILES string of the molecule is CC(C)C1=CC=C(C(=O)O)C(C/C=C/O)(C(C)C)N1. The van der Waals surface area contributed by atoms with Crippen LogP contribution in [0.25, 0.3) is 0 Å². The molecule has 0 bridgehead atoms. The van der Waals surface area contributed by atoms with Gasteiger partial charge in [-0.05, 0) is 36.5 Å². The number of dihydropyridines is 1. The van der Waals surface area contributed by atoms with E-state index in [2.05, 4.69) is 19.2 Å². The summed E-state index contributed by atoms with van der Waals surface area (Å²) >= 11 is 0. The molecule has 4 heteroatoms. The van der Waals surface area contributed by atoms with Gasteiger partial charge < -0.3 is 15.5 Å². The third-order valence-electron chi connectivity index (χ3n) is 3.66. The molecule has 1 aliphatic heterocycles. The van der Waals surface area contributed by atoms with Crippen LogP contribution in [0.5, 0.6) is 0 Å². The van der Waals surface area contributed by atoms with Crippen LogP contribution in [0.2, 0.25) is 0 Å². The van der Waals surface area contributed by atoms with E-state index in [0.29, 0.717) is 17.9 Å². The second-order valence-corrected chi connectivity index (χ2v) is 5.50. The van der Waals surface area contributed by atoms with Gasteiger partial charge in [0.25, 0.3) is 0 Å². The van der Waals surface area contributed by atoms with E-state index < -0.39 is 11.5 Å². The van der Waals surface area contributed by atoms with E-state index >= 15 is 0 Å². The summed E-state index contributed by atoms with van der Waals surface area (Å²) in [6.45, 7) is 8.09. The van der Waals surface area contributed by atoms with E-state index in [0.717, 1.165) is 12.0 Å². The van der Waals surface area contributed by atoms with Crippen molar-refractivity contribution in [3.8, 4) is 0 Å². The van der Waals surface area contributed by atoms with Crippen LogP contribution in [0.15, 0.2) is 35.8 Å². The first-order valence-electron chi connectivity index (χ1n) is 6.58. The molecule has 0 radical (unpaired) electrons. The molecule has 0 fully saturated rings. The number of carbonyl (C=O) groups is 1. The highest BCUT2D eigenvalue weighted by Crippen LogP contribution is 2.35. The molecular formula is C15H23NO3. The van der Waals surface area contributed by atoms with Gasteiger partial charge in [-0.15, -0.1) is 0 Å². The molecule has 0 aromatic rings. The molecule has 4 nitrogen and oxygen atoms in total. The maximum Gasteiger partial charge on any atom is 0.333 e. The fraction of sp³-hybridized carbons (Fsp3) is 0.533. The number of nitrogens with one attached hydrogen (secondary N) is 1. The van der Waals surface area contributed by atoms with Gasteiger partial charge in [-0.3, -0.25) is 0 Å². The van der Waals surface area contributed by atoms with Crippen LogP contribution in [0.1, 0.15) is 34.1 Å². The molecule has 1 atom stereocenters. The van der Waals surface area contributed by atoms with E-state index in [-0.39, 0.29) is 5.92 Å². The van der Waals surface area contributed by atoms with E-state index in [1.165, 1.54) is 0 Å². The number of hydrogen-bond donors (Lipinski definition) is 3. The molecule has 0 amide bonds. The minimum absolute atomic E-state index is 0.0773. The topological polar surface area (TPSA) is 69.6 Å². The molecule has 1 aliphatic rings. The van der Waals surface area contributed by atoms with E-state index in [1.807, 2.05) is 19.9 Å². The smallest absolute Gasteiger partial charge is 0.333 e. The quantitative estimate of drug-likeness (QED) is 0.668. The van der Waals surface area contributed by atoms with Crippen LogP contribution < -0.4 is 5.32 Å². The van der Waals surface area contributed by atoms with Crippen molar-refractivity contribution in [1.82, 2.24) is 5.32 Å². The average molecular weight is 265 g/mol. The second-order valence-electron chi connectivity index (χ2n) is 5.50. The molecule has 3 N–H and O–H groups in total. The first-order valence-corrected chi connectivity index (χ1v) is 6.58. The van der Waals surface area contributed by atoms with E-state index in [4.69, 9.17) is 5.11 Å². The van der Waals surface area contributed by atoms with Crippen molar-refractivity contribution in [1.29, 1.82) is 0 Å². The maximum absolute atomic E-state index is 11.5. The number of aliphatic hydroxyl groups excluding tert-OH is 1. The molecule has 0 saturated heterocycles. The van der Waals surface area contributed by atoms with Crippen molar-refractivity contribution in [2.75, 3.05) is 0 Å². The fourth-order valence-electron chi connectivity index (χ4n) is 2.38. The maximum atomic E-state index is 11.5. The first kappa shape index (κ1) is 15.3. The van der Waals surface area contributed by atoms with Gasteiger partial charge in [0, 0.05) is 5.70 Å². The summed E-state index contributed by atoms with van der Waals surface area (Å²) in [6, 6.07) is 0. The normalized spacial score (nSPS) is 23.5. The Balaban J connectivity index is 3.29. The lowest BCUT2D eigenvalue weighted by molar-refractivity contribution is -0.133. The van der Waals surface area contributed by atoms with Crippen molar-refractivity contribution >= 4 is 5.97 Å². The van der Waals surface area contributed by atoms with Gasteiger partial charge in [0.2, 0.25) is 0 Å². The summed E-state index contributed by atoms with van der Waals surface area (Å²) in [6.07, 6.45) is 6.51. The van der Waals surface area contributed by atoms with Crippen LogP contribution in [0.3, 0.4) is 0 Å². The van der Waals surface area contributed by atoms with Crippen molar-refractivity contribution in [2.24, 2.45) is 11.8 Å². The molecule has 0 saturated carbocycles. The first-order chi connectivity index (χ1) is 8.85. The van der Waals surface area contributed by atoms with Crippen molar-refractivity contribution in [3.05, 3.63) is 35.8 Å². The van der Waals surface area contributed by atoms with Crippen LogP contribution in [-0.4, -0.2) is 21.7 Å². The lowest BCUT2D eigenvalue weighted by atomic mass is 9.74. The molecule has 19 heavy (non-hydrogen) atoms. The number of allylic oxidation sites excluding steroid dienone is 3. The summed E-state index contributed by atoms with van der Waals surface area (Å²) < 4.78 is 0. The molecule has 0 aromatic carbocycles. The summed E-state index contributed by atoms with van der Waals surface area (Å²) in [5.74, 6) is -0.553. The largest absolute Gasteiger partial charge is 0.516 e. The Bertz CT molecular complexity index is 433. The Morgan fingerprint density at radius 3 is 2.42 bits per heavy atom. The summed E-state index contributed by atoms with van der Waals surface area (Å²) in [7, 11) is 0. The predicted octanol–water partition coefficient (Wildman–Crippen LogP) is 3.00. The minimum Gasteiger partial charge on any atom is -0.516 e. The van der Waals surface area contributed by atoms with Crippen LogP contribution in [0, 0.1) is 11.8 Å². The zero-order chi connectivity index (χ0) is 14.6. The van der Waals surface area contributed by atoms with Crippen LogP contribution in [0.4, 0.5) is 0 Å². The fourth-order valence-corrected chi connectivity index (χ4v) is 2.38. The highest BCUT2D eigenvalue weighted by Gasteiger charge is 2.42. The molecule has 0 aromatic heterocycles. The van der Waals surface area contributed by atoms with Crippen LogP contribution >= 0.6 is 0 Å². The molecule has 1 heterocycles. The van der Waals surface area contributed by atoms with Gasteiger partial charge in [0.1, 0.15) is 0 Å². The zero-order valence-corrected chi connectivity index (χ0v) is 12.0. The predicted molar refractivity (Wildman–Crippen MR) is 75.7 cm³/mol. The lowest BCUT2D eigenvalue weighted by Crippen LogP contribution is -2.54.